The molecule has 35 heavy (non-hydrogen) atoms. The maximum atomic E-state index is 12.8. The van der Waals surface area contributed by atoms with Gasteiger partial charge in [-0.15, -0.1) is 5.73 Å². The number of rotatable bonds is 10. The topological polar surface area (TPSA) is 74.5 Å². The molecule has 1 aliphatic rings. The van der Waals surface area contributed by atoms with Gasteiger partial charge in [-0.25, -0.2) is 9.97 Å². The van der Waals surface area contributed by atoms with Crippen LogP contribution in [0.5, 0.6) is 5.88 Å². The molecule has 2 heterocycles. The van der Waals surface area contributed by atoms with Gasteiger partial charge in [-0.1, -0.05) is 31.5 Å². The first-order chi connectivity index (χ1) is 17.1. The molecule has 1 aliphatic carbocycles. The Balaban J connectivity index is 1.43. The molecule has 1 fully saturated rings. The Labute approximate surface area is 206 Å². The molecule has 0 radical (unpaired) electrons. The van der Waals surface area contributed by atoms with E-state index in [1.807, 2.05) is 62.4 Å². The van der Waals surface area contributed by atoms with Crippen molar-refractivity contribution < 1.29 is 18.7 Å². The van der Waals surface area contributed by atoms with Crippen LogP contribution in [0.25, 0.3) is 17.0 Å². The first kappa shape index (κ1) is 24.5. The summed E-state index contributed by atoms with van der Waals surface area (Å²) in [4.78, 5) is 22.0. The lowest BCUT2D eigenvalue weighted by Crippen LogP contribution is -2.40. The highest BCUT2D eigenvalue weighted by molar-refractivity contribution is 5.94. The predicted octanol–water partition coefficient (Wildman–Crippen LogP) is 6.35. The molecule has 0 unspecified atom stereocenters. The monoisotopic (exact) mass is 472 g/mol. The van der Waals surface area contributed by atoms with Crippen LogP contribution in [0, 0.1) is 12.3 Å². The molecule has 0 N–H and O–H groups in total. The summed E-state index contributed by atoms with van der Waals surface area (Å²) in [5.74, 6) is 1.76. The Kier molecular flexibility index (Phi) is 7.84. The molecule has 182 valence electrons. The molecule has 0 amide bonds. The standard InChI is InChI=1S/C29H32N2O4/c1-4-6-13-24(29(17-10-18-29)28(32)33-5-2)23-14-15-26(30-20-23)34-19-16-25-21(3)35-27(31-25)22-11-8-7-9-12-22/h6-9,11-12,14-15,20H,4-5,10,16-19H2,1-3H3. The lowest BCUT2D eigenvalue weighted by Gasteiger charge is -2.40. The maximum Gasteiger partial charge on any atom is 0.317 e. The molecule has 0 atom stereocenters. The molecule has 0 bridgehead atoms. The highest BCUT2D eigenvalue weighted by Crippen LogP contribution is 2.51. The Morgan fingerprint density at radius 3 is 2.60 bits per heavy atom. The molecule has 0 spiro atoms. The van der Waals surface area contributed by atoms with Gasteiger partial charge in [0, 0.05) is 35.4 Å². The van der Waals surface area contributed by atoms with Crippen LogP contribution in [0.3, 0.4) is 0 Å². The largest absolute Gasteiger partial charge is 0.477 e. The first-order valence-corrected chi connectivity index (χ1v) is 12.3. The number of aromatic nitrogens is 2. The van der Waals surface area contributed by atoms with Crippen molar-refractivity contribution >= 4 is 11.5 Å². The Morgan fingerprint density at radius 2 is 1.97 bits per heavy atom. The number of oxazole rings is 1. The van der Waals surface area contributed by atoms with Crippen molar-refractivity contribution in [3.8, 4) is 17.3 Å². The lowest BCUT2D eigenvalue weighted by atomic mass is 9.62. The van der Waals surface area contributed by atoms with E-state index >= 15 is 0 Å². The molecule has 2 aromatic heterocycles. The van der Waals surface area contributed by atoms with Crippen LogP contribution in [0.4, 0.5) is 0 Å². The van der Waals surface area contributed by atoms with Crippen molar-refractivity contribution in [2.45, 2.75) is 52.9 Å². The van der Waals surface area contributed by atoms with E-state index in [1.165, 1.54) is 0 Å². The smallest absolute Gasteiger partial charge is 0.317 e. The third-order valence-corrected chi connectivity index (χ3v) is 6.33. The zero-order chi connectivity index (χ0) is 24.7. The number of nitrogens with zero attached hydrogens (tertiary/aromatic N) is 2. The fourth-order valence-electron chi connectivity index (χ4n) is 4.29. The van der Waals surface area contributed by atoms with Gasteiger partial charge in [0.1, 0.15) is 11.2 Å². The second kappa shape index (κ2) is 11.2. The fourth-order valence-corrected chi connectivity index (χ4v) is 4.29. The van der Waals surface area contributed by atoms with E-state index in [1.54, 1.807) is 6.20 Å². The summed E-state index contributed by atoms with van der Waals surface area (Å²) >= 11 is 0. The minimum atomic E-state index is -0.632. The average Bonchev–Trinajstić information content (AvgIpc) is 3.22. The van der Waals surface area contributed by atoms with Crippen molar-refractivity contribution in [1.82, 2.24) is 9.97 Å². The summed E-state index contributed by atoms with van der Waals surface area (Å²) in [5, 5.41) is 0. The van der Waals surface area contributed by atoms with Gasteiger partial charge in [0.2, 0.25) is 11.8 Å². The average molecular weight is 473 g/mol. The molecule has 1 saturated carbocycles. The SMILES string of the molecule is CCC=C=C(c1ccc(OCCc2nc(-c3ccccc3)oc2C)nc1)C1(C(=O)OCC)CCC1. The van der Waals surface area contributed by atoms with Crippen LogP contribution in [0.15, 0.2) is 64.9 Å². The maximum absolute atomic E-state index is 12.8. The highest BCUT2D eigenvalue weighted by atomic mass is 16.5. The van der Waals surface area contributed by atoms with Crippen LogP contribution in [0.2, 0.25) is 0 Å². The summed E-state index contributed by atoms with van der Waals surface area (Å²) in [5.41, 5.74) is 6.28. The highest BCUT2D eigenvalue weighted by Gasteiger charge is 2.49. The summed E-state index contributed by atoms with van der Waals surface area (Å²) in [6.07, 6.45) is 7.71. The molecule has 3 aromatic rings. The number of carbonyl (C=O) groups is 1. The summed E-state index contributed by atoms with van der Waals surface area (Å²) in [6, 6.07) is 13.6. The molecule has 4 rings (SSSR count). The lowest BCUT2D eigenvalue weighted by molar-refractivity contribution is -0.155. The number of pyridine rings is 1. The zero-order valence-corrected chi connectivity index (χ0v) is 20.7. The molecule has 0 aliphatic heterocycles. The van der Waals surface area contributed by atoms with Gasteiger partial charge < -0.3 is 13.9 Å². The van der Waals surface area contributed by atoms with Gasteiger partial charge in [-0.05, 0) is 57.4 Å². The Morgan fingerprint density at radius 1 is 1.17 bits per heavy atom. The molecule has 6 nitrogen and oxygen atoms in total. The third-order valence-electron chi connectivity index (χ3n) is 6.33. The van der Waals surface area contributed by atoms with E-state index < -0.39 is 5.41 Å². The van der Waals surface area contributed by atoms with E-state index in [9.17, 15) is 4.79 Å². The second-order valence-corrected chi connectivity index (χ2v) is 8.66. The van der Waals surface area contributed by atoms with Crippen LogP contribution >= 0.6 is 0 Å². The van der Waals surface area contributed by atoms with Gasteiger partial charge in [0.15, 0.2) is 0 Å². The molecule has 1 aromatic carbocycles. The third kappa shape index (κ3) is 5.39. The summed E-state index contributed by atoms with van der Waals surface area (Å²) in [6.45, 7) is 6.61. The predicted molar refractivity (Wildman–Crippen MR) is 135 cm³/mol. The van der Waals surface area contributed by atoms with Crippen molar-refractivity contribution in [3.63, 3.8) is 0 Å². The van der Waals surface area contributed by atoms with E-state index in [2.05, 4.69) is 22.6 Å². The number of hydrogen-bond donors (Lipinski definition) is 0. The van der Waals surface area contributed by atoms with Gasteiger partial charge in [-0.3, -0.25) is 4.79 Å². The minimum Gasteiger partial charge on any atom is -0.477 e. The van der Waals surface area contributed by atoms with Crippen LogP contribution in [0.1, 0.15) is 56.5 Å². The fraction of sp³-hybridized carbons (Fsp3) is 0.379. The second-order valence-electron chi connectivity index (χ2n) is 8.66. The van der Waals surface area contributed by atoms with Crippen LogP contribution in [-0.2, 0) is 16.0 Å². The quantitative estimate of drug-likeness (QED) is 0.253. The van der Waals surface area contributed by atoms with Gasteiger partial charge in [0.05, 0.1) is 18.9 Å². The van der Waals surface area contributed by atoms with E-state index in [4.69, 9.17) is 13.9 Å². The van der Waals surface area contributed by atoms with E-state index in [0.717, 1.165) is 53.8 Å². The summed E-state index contributed by atoms with van der Waals surface area (Å²) < 4.78 is 17.1. The number of benzene rings is 1. The Hall–Kier alpha value is -3.63. The van der Waals surface area contributed by atoms with E-state index in [0.29, 0.717) is 31.4 Å². The van der Waals surface area contributed by atoms with Crippen molar-refractivity contribution in [1.29, 1.82) is 0 Å². The summed E-state index contributed by atoms with van der Waals surface area (Å²) in [7, 11) is 0. The number of carbonyl (C=O) groups excluding carboxylic acids is 1. The van der Waals surface area contributed by atoms with Gasteiger partial charge in [0.25, 0.3) is 0 Å². The van der Waals surface area contributed by atoms with Gasteiger partial charge in [-0.2, -0.15) is 0 Å². The minimum absolute atomic E-state index is 0.170. The van der Waals surface area contributed by atoms with Crippen LogP contribution < -0.4 is 4.74 Å². The zero-order valence-electron chi connectivity index (χ0n) is 20.7. The Bertz CT molecular complexity index is 1200. The van der Waals surface area contributed by atoms with E-state index in [-0.39, 0.29) is 5.97 Å². The number of ether oxygens (including phenoxy) is 2. The molecule has 0 saturated heterocycles. The molecular formula is C29H32N2O4. The van der Waals surface area contributed by atoms with Crippen molar-refractivity contribution in [3.05, 3.63) is 77.5 Å². The normalized spacial score (nSPS) is 13.9. The van der Waals surface area contributed by atoms with Crippen LogP contribution in [-0.4, -0.2) is 29.2 Å². The van der Waals surface area contributed by atoms with Crippen molar-refractivity contribution in [2.24, 2.45) is 5.41 Å². The van der Waals surface area contributed by atoms with Gasteiger partial charge >= 0.3 is 5.97 Å². The number of hydrogen-bond acceptors (Lipinski definition) is 6. The number of esters is 1. The first-order valence-electron chi connectivity index (χ1n) is 12.3. The van der Waals surface area contributed by atoms with Crippen molar-refractivity contribution in [2.75, 3.05) is 13.2 Å². The number of aryl methyl sites for hydroxylation is 1. The molecule has 6 heteroatoms. The molecular weight excluding hydrogens is 440 g/mol.